The second-order valence-corrected chi connectivity index (χ2v) is 20.2. The van der Waals surface area contributed by atoms with Crippen LogP contribution in [0, 0.1) is 18.8 Å². The van der Waals surface area contributed by atoms with E-state index in [9.17, 15) is 0 Å². The van der Waals surface area contributed by atoms with Crippen LogP contribution < -0.4 is 14.5 Å². The first kappa shape index (κ1) is 45.7. The Balaban J connectivity index is 0.00000547. The van der Waals surface area contributed by atoms with Gasteiger partial charge in [0.25, 0.3) is 0 Å². The molecular formula is C64H52N5OPd-3. The van der Waals surface area contributed by atoms with Crippen molar-refractivity contribution >= 4 is 55.6 Å². The topological polar surface area (TPSA) is 38.5 Å². The summed E-state index contributed by atoms with van der Waals surface area (Å²) in [6.07, 6.45) is 1.93. The standard InChI is InChI=1S/C64H52N5O.Pd/c1-63(2,3)45-35-36-65-59(39-45)69-58-41-49(33-34-54(58)61-62(69)53-27-16-17-30-55(53)68(61)47-25-14-9-15-26-47)70-50-38-46(64(4,5)6)37-48(40-50)66-42-67(57-32-19-18-31-56(57)66)60-51(43-21-10-7-11-22-43)28-20-29-52(60)44-23-12-8-13-24-44;/h7-39,42H,1-6H3;/q-3;. The molecular weight excluding hydrogens is 961 g/mol. The van der Waals surface area contributed by atoms with E-state index in [4.69, 9.17) is 9.72 Å². The van der Waals surface area contributed by atoms with Crippen molar-refractivity contribution in [2.45, 2.75) is 52.4 Å². The van der Waals surface area contributed by atoms with Gasteiger partial charge in [-0.3, -0.25) is 0 Å². The summed E-state index contributed by atoms with van der Waals surface area (Å²) in [5.41, 5.74) is 16.0. The molecule has 0 fully saturated rings. The Morgan fingerprint density at radius 2 is 1.08 bits per heavy atom. The van der Waals surface area contributed by atoms with Gasteiger partial charge in [-0.15, -0.1) is 48.3 Å². The molecule has 71 heavy (non-hydrogen) atoms. The van der Waals surface area contributed by atoms with Gasteiger partial charge in [-0.05, 0) is 70.0 Å². The van der Waals surface area contributed by atoms with Crippen LogP contribution >= 0.6 is 0 Å². The van der Waals surface area contributed by atoms with Crippen LogP contribution in [-0.2, 0) is 31.3 Å². The van der Waals surface area contributed by atoms with Gasteiger partial charge < -0.3 is 23.7 Å². The number of hydrogen-bond donors (Lipinski definition) is 0. The van der Waals surface area contributed by atoms with Gasteiger partial charge in [0.2, 0.25) is 0 Å². The zero-order valence-corrected chi connectivity index (χ0v) is 42.1. The molecule has 0 unspecified atom stereocenters. The third-order valence-corrected chi connectivity index (χ3v) is 13.6. The van der Waals surface area contributed by atoms with Gasteiger partial charge in [0.1, 0.15) is 5.82 Å². The van der Waals surface area contributed by atoms with E-state index >= 15 is 0 Å². The maximum absolute atomic E-state index is 7.01. The molecule has 0 amide bonds. The van der Waals surface area contributed by atoms with E-state index in [-0.39, 0.29) is 31.3 Å². The van der Waals surface area contributed by atoms with Gasteiger partial charge in [0, 0.05) is 82.9 Å². The number of hydrogen-bond acceptors (Lipinski definition) is 4. The Hall–Kier alpha value is -7.69. The van der Waals surface area contributed by atoms with Crippen LogP contribution in [0.5, 0.6) is 11.5 Å². The largest absolute Gasteiger partial charge is 0.509 e. The Labute approximate surface area is 430 Å². The molecule has 1 aliphatic heterocycles. The van der Waals surface area contributed by atoms with Crippen molar-refractivity contribution in [2.24, 2.45) is 0 Å². The molecule has 1 aliphatic rings. The molecule has 0 aliphatic carbocycles. The van der Waals surface area contributed by atoms with E-state index in [1.165, 1.54) is 5.56 Å². The number of ether oxygens (including phenoxy) is 1. The van der Waals surface area contributed by atoms with Gasteiger partial charge in [0.15, 0.2) is 0 Å². The first-order valence-corrected chi connectivity index (χ1v) is 24.0. The van der Waals surface area contributed by atoms with E-state index in [0.29, 0.717) is 11.5 Å². The second-order valence-electron chi connectivity index (χ2n) is 20.2. The van der Waals surface area contributed by atoms with Gasteiger partial charge in [-0.2, -0.15) is 6.07 Å². The number of pyridine rings is 1. The Morgan fingerprint density at radius 1 is 0.493 bits per heavy atom. The quantitative estimate of drug-likeness (QED) is 0.112. The van der Waals surface area contributed by atoms with Crippen molar-refractivity contribution in [3.05, 3.63) is 230 Å². The zero-order valence-electron chi connectivity index (χ0n) is 40.6. The molecule has 352 valence electrons. The van der Waals surface area contributed by atoms with Crippen molar-refractivity contribution in [3.63, 3.8) is 0 Å². The third-order valence-electron chi connectivity index (χ3n) is 13.6. The van der Waals surface area contributed by atoms with E-state index in [1.807, 2.05) is 12.3 Å². The SMILES string of the molecule is CC(C)(C)c1cc(Oc2[c-]c3c(cc2)c2c(c4ccccc4n2-c2ccccc2)n3-c2cc(C(C)(C)C)ccn2)[c-]c(N2[CH-]N(c3c(-c4ccccc4)cccc3-c3ccccc3)c3ccccc32)c1.[Pd]. The summed E-state index contributed by atoms with van der Waals surface area (Å²) < 4.78 is 11.7. The minimum absolute atomic E-state index is 0. The number of benzene rings is 8. The summed E-state index contributed by atoms with van der Waals surface area (Å²) >= 11 is 0. The van der Waals surface area contributed by atoms with Gasteiger partial charge in [-0.1, -0.05) is 180 Å². The van der Waals surface area contributed by atoms with Crippen LogP contribution in [0.1, 0.15) is 52.7 Å². The molecule has 12 rings (SSSR count). The van der Waals surface area contributed by atoms with Crippen LogP contribution in [0.3, 0.4) is 0 Å². The summed E-state index contributed by atoms with van der Waals surface area (Å²) in [6, 6.07) is 76.3. The molecule has 0 N–H and O–H groups in total. The fourth-order valence-corrected chi connectivity index (χ4v) is 10.0. The van der Waals surface area contributed by atoms with Crippen LogP contribution in [-0.4, -0.2) is 14.1 Å². The zero-order chi connectivity index (χ0) is 47.7. The first-order chi connectivity index (χ1) is 34.0. The fraction of sp³-hybridized carbons (Fsp3) is 0.125. The molecule has 3 aromatic heterocycles. The van der Waals surface area contributed by atoms with E-state index < -0.39 is 0 Å². The number of nitrogens with zero attached hydrogens (tertiary/aromatic N) is 5. The van der Waals surface area contributed by atoms with E-state index in [2.05, 4.69) is 267 Å². The van der Waals surface area contributed by atoms with Crippen molar-refractivity contribution in [1.29, 1.82) is 0 Å². The van der Waals surface area contributed by atoms with Gasteiger partial charge >= 0.3 is 0 Å². The summed E-state index contributed by atoms with van der Waals surface area (Å²) in [6.45, 7) is 15.7. The van der Waals surface area contributed by atoms with Crippen LogP contribution in [0.2, 0.25) is 0 Å². The van der Waals surface area contributed by atoms with E-state index in [0.717, 1.165) is 94.9 Å². The Morgan fingerprint density at radius 3 is 1.75 bits per heavy atom. The average molecular weight is 1010 g/mol. The van der Waals surface area contributed by atoms with Crippen molar-refractivity contribution in [1.82, 2.24) is 14.1 Å². The monoisotopic (exact) mass is 1010 g/mol. The maximum Gasteiger partial charge on any atom is 0.135 e. The van der Waals surface area contributed by atoms with Gasteiger partial charge in [-0.25, -0.2) is 4.98 Å². The minimum atomic E-state index is -0.206. The number of rotatable bonds is 8. The molecule has 4 heterocycles. The Kier molecular flexibility index (Phi) is 11.5. The molecule has 11 aromatic rings. The molecule has 0 saturated carbocycles. The normalized spacial score (nSPS) is 12.7. The molecule has 6 nitrogen and oxygen atoms in total. The first-order valence-electron chi connectivity index (χ1n) is 24.0. The summed E-state index contributed by atoms with van der Waals surface area (Å²) in [5, 5.41) is 2.18. The van der Waals surface area contributed by atoms with Crippen molar-refractivity contribution in [3.8, 4) is 45.3 Å². The van der Waals surface area contributed by atoms with E-state index in [1.54, 1.807) is 0 Å². The summed E-state index contributed by atoms with van der Waals surface area (Å²) in [4.78, 5) is 9.65. The minimum Gasteiger partial charge on any atom is -0.509 e. The van der Waals surface area contributed by atoms with Crippen LogP contribution in [0.25, 0.3) is 66.6 Å². The molecule has 8 aromatic carbocycles. The molecule has 0 bridgehead atoms. The molecule has 7 heteroatoms. The van der Waals surface area contributed by atoms with Gasteiger partial charge in [0.05, 0.1) is 11.0 Å². The number of anilines is 4. The second kappa shape index (κ2) is 17.9. The van der Waals surface area contributed by atoms with Crippen LogP contribution in [0.15, 0.2) is 200 Å². The number of para-hydroxylation sites is 5. The average Bonchev–Trinajstić information content (AvgIpc) is 4.04. The molecule has 0 spiro atoms. The van der Waals surface area contributed by atoms with Crippen LogP contribution in [0.4, 0.5) is 22.7 Å². The Bertz CT molecular complexity index is 3690. The fourth-order valence-electron chi connectivity index (χ4n) is 10.0. The molecule has 0 radical (unpaired) electrons. The third kappa shape index (κ3) is 8.10. The number of fused-ring (bicyclic) bond motifs is 6. The predicted octanol–water partition coefficient (Wildman–Crippen LogP) is 16.9. The summed E-state index contributed by atoms with van der Waals surface area (Å²) in [7, 11) is 0. The molecule has 0 saturated heterocycles. The predicted molar refractivity (Wildman–Crippen MR) is 289 cm³/mol. The molecule has 0 atom stereocenters. The van der Waals surface area contributed by atoms with Crippen molar-refractivity contribution in [2.75, 3.05) is 9.80 Å². The summed E-state index contributed by atoms with van der Waals surface area (Å²) in [5.74, 6) is 2.02. The maximum atomic E-state index is 7.01. The van der Waals surface area contributed by atoms with Crippen molar-refractivity contribution < 1.29 is 25.2 Å². The number of aromatic nitrogens is 3. The smallest absolute Gasteiger partial charge is 0.135 e.